The molecule has 5 nitrogen and oxygen atoms in total. The number of nitrogens with one attached hydrogen (secondary N) is 1. The number of carbonyl (C=O) groups excluding carboxylic acids is 1. The molecule has 1 aromatic carbocycles. The van der Waals surface area contributed by atoms with Crippen molar-refractivity contribution in [3.05, 3.63) is 45.7 Å². The van der Waals surface area contributed by atoms with Crippen LogP contribution in [0.1, 0.15) is 41.0 Å². The zero-order chi connectivity index (χ0) is 16.7. The van der Waals surface area contributed by atoms with Crippen LogP contribution in [0.4, 0.5) is 0 Å². The summed E-state index contributed by atoms with van der Waals surface area (Å²) in [6, 6.07) is 6.24. The van der Waals surface area contributed by atoms with Crippen molar-refractivity contribution in [2.45, 2.75) is 39.2 Å². The lowest BCUT2D eigenvalue weighted by molar-refractivity contribution is -0.131. The minimum atomic E-state index is 0.0462. The highest BCUT2D eigenvalue weighted by atomic mass is 32.1. The number of carbonyl (C=O) groups is 1. The van der Waals surface area contributed by atoms with E-state index in [4.69, 9.17) is 4.98 Å². The Kier molecular flexibility index (Phi) is 3.84. The molecule has 1 aliphatic heterocycles. The molecule has 0 spiro atoms. The summed E-state index contributed by atoms with van der Waals surface area (Å²) in [4.78, 5) is 27.2. The monoisotopic (exact) mass is 340 g/mol. The zero-order valence-electron chi connectivity index (χ0n) is 13.9. The lowest BCUT2D eigenvalue weighted by Gasteiger charge is -2.22. The van der Waals surface area contributed by atoms with E-state index in [9.17, 15) is 4.79 Å². The molecule has 0 radical (unpaired) electrons. The minimum absolute atomic E-state index is 0.0462. The molecule has 1 atom stereocenters. The Morgan fingerprint density at radius 1 is 1.38 bits per heavy atom. The van der Waals surface area contributed by atoms with Crippen molar-refractivity contribution in [2.75, 3.05) is 6.54 Å². The van der Waals surface area contributed by atoms with Crippen molar-refractivity contribution in [3.63, 3.8) is 0 Å². The molecule has 1 aliphatic rings. The molecular weight excluding hydrogens is 320 g/mol. The van der Waals surface area contributed by atoms with Crippen molar-refractivity contribution >= 4 is 28.3 Å². The van der Waals surface area contributed by atoms with Crippen molar-refractivity contribution in [1.82, 2.24) is 19.9 Å². The summed E-state index contributed by atoms with van der Waals surface area (Å²) in [7, 11) is 0. The highest BCUT2D eigenvalue weighted by molar-refractivity contribution is 7.09. The quantitative estimate of drug-likeness (QED) is 0.793. The number of amides is 1. The molecule has 3 aromatic rings. The molecule has 24 heavy (non-hydrogen) atoms. The third-order valence-corrected chi connectivity index (χ3v) is 5.37. The van der Waals surface area contributed by atoms with Crippen LogP contribution in [0.3, 0.4) is 0 Å². The van der Waals surface area contributed by atoms with Gasteiger partial charge in [0.1, 0.15) is 5.82 Å². The summed E-state index contributed by atoms with van der Waals surface area (Å²) >= 11 is 1.59. The van der Waals surface area contributed by atoms with Gasteiger partial charge in [0.2, 0.25) is 5.91 Å². The second-order valence-corrected chi connectivity index (χ2v) is 7.48. The van der Waals surface area contributed by atoms with Gasteiger partial charge in [-0.25, -0.2) is 9.97 Å². The highest BCUT2D eigenvalue weighted by Crippen LogP contribution is 2.32. The van der Waals surface area contributed by atoms with Gasteiger partial charge in [0, 0.05) is 11.9 Å². The third-order valence-electron chi connectivity index (χ3n) is 4.54. The van der Waals surface area contributed by atoms with Crippen LogP contribution in [0.2, 0.25) is 0 Å². The molecule has 1 saturated heterocycles. The summed E-state index contributed by atoms with van der Waals surface area (Å²) < 4.78 is 0. The van der Waals surface area contributed by atoms with E-state index in [1.807, 2.05) is 23.3 Å². The predicted molar refractivity (Wildman–Crippen MR) is 95.1 cm³/mol. The van der Waals surface area contributed by atoms with Crippen molar-refractivity contribution < 1.29 is 4.79 Å². The third kappa shape index (κ3) is 2.82. The van der Waals surface area contributed by atoms with Gasteiger partial charge >= 0.3 is 0 Å². The summed E-state index contributed by atoms with van der Waals surface area (Å²) in [6.45, 7) is 4.83. The molecule has 0 bridgehead atoms. The number of rotatable bonds is 3. The summed E-state index contributed by atoms with van der Waals surface area (Å²) in [6.07, 6.45) is 2.35. The molecule has 3 heterocycles. The molecular formula is C18H20N4OS. The fourth-order valence-corrected chi connectivity index (χ4v) is 4.01. The first-order chi connectivity index (χ1) is 11.6. The molecule has 1 fully saturated rings. The number of thiazole rings is 1. The average Bonchev–Trinajstić information content (AvgIpc) is 3.25. The highest BCUT2D eigenvalue weighted by Gasteiger charge is 2.32. The SMILES string of the molecule is Cc1ccc2nc(C3CCCN3C(=O)Cc3csc(C)n3)[nH]c2c1. The first-order valence-electron chi connectivity index (χ1n) is 8.27. The second kappa shape index (κ2) is 6.02. The van der Waals surface area contributed by atoms with E-state index in [1.54, 1.807) is 11.3 Å². The number of aromatic nitrogens is 3. The number of benzene rings is 1. The van der Waals surface area contributed by atoms with Gasteiger partial charge in [-0.3, -0.25) is 4.79 Å². The maximum absolute atomic E-state index is 12.7. The standard InChI is InChI=1S/C18H20N4OS/c1-11-5-6-14-15(8-11)21-18(20-14)16-4-3-7-22(16)17(23)9-13-10-24-12(2)19-13/h5-6,8,10,16H,3-4,7,9H2,1-2H3,(H,20,21). The Labute approximate surface area is 144 Å². The fraction of sp³-hybridized carbons (Fsp3) is 0.389. The number of fused-ring (bicyclic) bond motifs is 1. The molecule has 1 N–H and O–H groups in total. The molecule has 4 rings (SSSR count). The molecule has 1 amide bonds. The smallest absolute Gasteiger partial charge is 0.229 e. The van der Waals surface area contributed by atoms with Crippen LogP contribution >= 0.6 is 11.3 Å². The van der Waals surface area contributed by atoms with Crippen molar-refractivity contribution in [2.24, 2.45) is 0 Å². The molecule has 1 unspecified atom stereocenters. The molecule has 6 heteroatoms. The lowest BCUT2D eigenvalue weighted by Crippen LogP contribution is -2.32. The largest absolute Gasteiger partial charge is 0.340 e. The number of nitrogens with zero attached hydrogens (tertiary/aromatic N) is 3. The van der Waals surface area contributed by atoms with Crippen LogP contribution in [-0.2, 0) is 11.2 Å². The lowest BCUT2D eigenvalue weighted by atomic mass is 10.2. The van der Waals surface area contributed by atoms with Gasteiger partial charge in [-0.15, -0.1) is 11.3 Å². The van der Waals surface area contributed by atoms with Crippen LogP contribution < -0.4 is 0 Å². The Balaban J connectivity index is 1.58. The maximum atomic E-state index is 12.7. The predicted octanol–water partition coefficient (Wildman–Crippen LogP) is 3.54. The first-order valence-corrected chi connectivity index (χ1v) is 9.15. The van der Waals surface area contributed by atoms with Crippen molar-refractivity contribution in [3.8, 4) is 0 Å². The minimum Gasteiger partial charge on any atom is -0.340 e. The maximum Gasteiger partial charge on any atom is 0.229 e. The van der Waals surface area contributed by atoms with Crippen LogP contribution in [0.5, 0.6) is 0 Å². The van der Waals surface area contributed by atoms with E-state index in [-0.39, 0.29) is 11.9 Å². The zero-order valence-corrected chi connectivity index (χ0v) is 14.7. The number of likely N-dealkylation sites (tertiary alicyclic amines) is 1. The number of aryl methyl sites for hydroxylation is 2. The fourth-order valence-electron chi connectivity index (χ4n) is 3.40. The van der Waals surface area contributed by atoms with Gasteiger partial charge in [-0.2, -0.15) is 0 Å². The first kappa shape index (κ1) is 15.3. The number of aromatic amines is 1. The Morgan fingerprint density at radius 2 is 2.25 bits per heavy atom. The summed E-state index contributed by atoms with van der Waals surface area (Å²) in [5.41, 5.74) is 4.08. The Hall–Kier alpha value is -2.21. The van der Waals surface area contributed by atoms with Gasteiger partial charge in [0.25, 0.3) is 0 Å². The number of hydrogen-bond acceptors (Lipinski definition) is 4. The average molecular weight is 340 g/mol. The summed E-state index contributed by atoms with van der Waals surface area (Å²) in [5.74, 6) is 1.04. The number of H-pyrrole nitrogens is 1. The number of imidazole rings is 1. The van der Waals surface area contributed by atoms with E-state index >= 15 is 0 Å². The van der Waals surface area contributed by atoms with E-state index in [2.05, 4.69) is 29.0 Å². The Morgan fingerprint density at radius 3 is 3.04 bits per heavy atom. The topological polar surface area (TPSA) is 61.9 Å². The molecule has 124 valence electrons. The van der Waals surface area contributed by atoms with Crippen LogP contribution in [-0.4, -0.2) is 32.3 Å². The van der Waals surface area contributed by atoms with E-state index in [0.29, 0.717) is 6.42 Å². The molecule has 0 saturated carbocycles. The van der Waals surface area contributed by atoms with Gasteiger partial charge in [0.05, 0.1) is 34.2 Å². The normalized spacial score (nSPS) is 17.8. The second-order valence-electron chi connectivity index (χ2n) is 6.42. The van der Waals surface area contributed by atoms with Crippen molar-refractivity contribution in [1.29, 1.82) is 0 Å². The Bertz CT molecular complexity index is 897. The van der Waals surface area contributed by atoms with Crippen LogP contribution in [0.25, 0.3) is 11.0 Å². The van der Waals surface area contributed by atoms with Gasteiger partial charge in [-0.1, -0.05) is 6.07 Å². The number of hydrogen-bond donors (Lipinski definition) is 1. The summed E-state index contributed by atoms with van der Waals surface area (Å²) in [5, 5.41) is 2.98. The van der Waals surface area contributed by atoms with Gasteiger partial charge in [-0.05, 0) is 44.4 Å². The van der Waals surface area contributed by atoms with Gasteiger partial charge < -0.3 is 9.88 Å². The van der Waals surface area contributed by atoms with E-state index < -0.39 is 0 Å². The molecule has 0 aliphatic carbocycles. The van der Waals surface area contributed by atoms with E-state index in [0.717, 1.165) is 46.9 Å². The van der Waals surface area contributed by atoms with Gasteiger partial charge in [0.15, 0.2) is 0 Å². The van der Waals surface area contributed by atoms with E-state index in [1.165, 1.54) is 5.56 Å². The van der Waals surface area contributed by atoms with Crippen LogP contribution in [0, 0.1) is 13.8 Å². The molecule has 2 aromatic heterocycles. The van der Waals surface area contributed by atoms with Crippen LogP contribution in [0.15, 0.2) is 23.6 Å².